The minimum atomic E-state index is -0.845. The number of carbonyl (C=O) groups excluding carboxylic acids is 2. The van der Waals surface area contributed by atoms with E-state index in [2.05, 4.69) is 5.32 Å². The summed E-state index contributed by atoms with van der Waals surface area (Å²) in [4.78, 5) is 38.4. The number of hydrogen-bond acceptors (Lipinski definition) is 4. The number of amides is 2. The third kappa shape index (κ3) is 4.43. The van der Waals surface area contributed by atoms with Gasteiger partial charge in [-0.25, -0.2) is 0 Å². The van der Waals surface area contributed by atoms with E-state index in [4.69, 9.17) is 0 Å². The van der Waals surface area contributed by atoms with Crippen molar-refractivity contribution in [1.82, 2.24) is 15.1 Å². The first-order chi connectivity index (χ1) is 10.5. The number of carboxylic acid groups (broad SMARTS) is 1. The van der Waals surface area contributed by atoms with E-state index in [1.807, 2.05) is 0 Å². The molecule has 0 aromatic heterocycles. The highest BCUT2D eigenvalue weighted by Crippen LogP contribution is 2.18. The fourth-order valence-corrected chi connectivity index (χ4v) is 3.34. The summed E-state index contributed by atoms with van der Waals surface area (Å²) >= 11 is 0. The minimum absolute atomic E-state index is 0.00632. The Bertz CT molecular complexity index is 441. The second-order valence-electron chi connectivity index (χ2n) is 6.20. The summed E-state index contributed by atoms with van der Waals surface area (Å²) in [6.45, 7) is 3.49. The normalized spacial score (nSPS) is 26.5. The number of carboxylic acids is 1. The summed E-state index contributed by atoms with van der Waals surface area (Å²) in [6, 6.07) is -0.541. The van der Waals surface area contributed by atoms with Crippen molar-refractivity contribution in [3.63, 3.8) is 0 Å². The number of hydrogen-bond donors (Lipinski definition) is 2. The molecule has 2 N–H and O–H groups in total. The van der Waals surface area contributed by atoms with Crippen molar-refractivity contribution in [1.29, 1.82) is 0 Å². The maximum atomic E-state index is 12.4. The number of aliphatic carboxylic acids is 1. The van der Waals surface area contributed by atoms with Gasteiger partial charge in [0.15, 0.2) is 0 Å². The first kappa shape index (κ1) is 16.7. The van der Waals surface area contributed by atoms with Crippen LogP contribution in [0.4, 0.5) is 0 Å². The van der Waals surface area contributed by atoms with Gasteiger partial charge < -0.3 is 15.3 Å². The number of likely N-dealkylation sites (tertiary alicyclic amines) is 2. The van der Waals surface area contributed by atoms with Crippen LogP contribution in [0.25, 0.3) is 0 Å². The van der Waals surface area contributed by atoms with Crippen LogP contribution in [-0.2, 0) is 14.4 Å². The van der Waals surface area contributed by atoms with Gasteiger partial charge in [0, 0.05) is 26.1 Å². The summed E-state index contributed by atoms with van der Waals surface area (Å²) in [5, 5.41) is 12.1. The van der Waals surface area contributed by atoms with Crippen LogP contribution < -0.4 is 5.32 Å². The number of nitrogens with zero attached hydrogens (tertiary/aromatic N) is 2. The van der Waals surface area contributed by atoms with E-state index in [1.165, 1.54) is 6.92 Å². The summed E-state index contributed by atoms with van der Waals surface area (Å²) in [5.41, 5.74) is 0. The zero-order chi connectivity index (χ0) is 16.1. The Morgan fingerprint density at radius 3 is 2.59 bits per heavy atom. The number of nitrogens with one attached hydrogen (secondary N) is 1. The molecular weight excluding hydrogens is 286 g/mol. The maximum Gasteiger partial charge on any atom is 0.320 e. The lowest BCUT2D eigenvalue weighted by Gasteiger charge is -2.37. The maximum absolute atomic E-state index is 12.4. The molecule has 2 amide bonds. The Labute approximate surface area is 130 Å². The molecule has 0 aromatic rings. The van der Waals surface area contributed by atoms with Gasteiger partial charge in [-0.1, -0.05) is 6.42 Å². The van der Waals surface area contributed by atoms with Crippen molar-refractivity contribution < 1.29 is 19.5 Å². The lowest BCUT2D eigenvalue weighted by molar-refractivity contribution is -0.146. The Kier molecular flexibility index (Phi) is 5.76. The molecule has 7 heteroatoms. The van der Waals surface area contributed by atoms with Crippen LogP contribution >= 0.6 is 0 Å². The van der Waals surface area contributed by atoms with E-state index in [0.717, 1.165) is 25.7 Å². The summed E-state index contributed by atoms with van der Waals surface area (Å²) < 4.78 is 0. The molecule has 2 aliphatic heterocycles. The van der Waals surface area contributed by atoms with E-state index in [1.54, 1.807) is 9.80 Å². The third-order valence-corrected chi connectivity index (χ3v) is 4.42. The molecule has 2 aliphatic rings. The monoisotopic (exact) mass is 311 g/mol. The molecule has 0 aromatic carbocycles. The van der Waals surface area contributed by atoms with Gasteiger partial charge in [0.2, 0.25) is 11.8 Å². The minimum Gasteiger partial charge on any atom is -0.480 e. The van der Waals surface area contributed by atoms with E-state index >= 15 is 0 Å². The van der Waals surface area contributed by atoms with E-state index < -0.39 is 12.0 Å². The van der Waals surface area contributed by atoms with Crippen molar-refractivity contribution in [3.05, 3.63) is 0 Å². The Morgan fingerprint density at radius 1 is 1.14 bits per heavy atom. The van der Waals surface area contributed by atoms with Crippen molar-refractivity contribution in [2.24, 2.45) is 0 Å². The van der Waals surface area contributed by atoms with E-state index in [9.17, 15) is 19.5 Å². The van der Waals surface area contributed by atoms with E-state index in [0.29, 0.717) is 26.1 Å². The first-order valence-corrected chi connectivity index (χ1v) is 7.99. The molecule has 2 unspecified atom stereocenters. The van der Waals surface area contributed by atoms with Crippen LogP contribution in [0.3, 0.4) is 0 Å². The molecule has 2 heterocycles. The smallest absolute Gasteiger partial charge is 0.320 e. The standard InChI is InChI=1S/C15H25N3O4/c1-11(19)16-12-5-4-8-18(9-12)14(20)10-17-7-3-2-6-13(17)15(21)22/h12-13H,2-10H2,1H3,(H,16,19)(H,21,22). The SMILES string of the molecule is CC(=O)NC1CCCN(C(=O)CN2CCCCC2C(=O)O)C1. The molecule has 0 saturated carbocycles. The molecule has 2 fully saturated rings. The second kappa shape index (κ2) is 7.58. The predicted octanol–water partition coefficient (Wildman–Crippen LogP) is 0.0526. The van der Waals surface area contributed by atoms with Crippen LogP contribution in [0.15, 0.2) is 0 Å². The fraction of sp³-hybridized carbons (Fsp3) is 0.800. The number of carbonyl (C=O) groups is 3. The summed E-state index contributed by atoms with van der Waals surface area (Å²) in [5.74, 6) is -0.966. The fourth-order valence-electron chi connectivity index (χ4n) is 3.34. The van der Waals surface area contributed by atoms with Crippen molar-refractivity contribution >= 4 is 17.8 Å². The molecule has 0 spiro atoms. The van der Waals surface area contributed by atoms with Crippen molar-refractivity contribution in [3.8, 4) is 0 Å². The summed E-state index contributed by atoms with van der Waals surface area (Å²) in [7, 11) is 0. The number of piperidine rings is 2. The quantitative estimate of drug-likeness (QED) is 0.766. The van der Waals surface area contributed by atoms with Gasteiger partial charge >= 0.3 is 5.97 Å². The zero-order valence-electron chi connectivity index (χ0n) is 13.1. The topological polar surface area (TPSA) is 90.0 Å². The molecule has 22 heavy (non-hydrogen) atoms. The molecule has 2 saturated heterocycles. The Morgan fingerprint density at radius 2 is 1.91 bits per heavy atom. The highest BCUT2D eigenvalue weighted by atomic mass is 16.4. The van der Waals surface area contributed by atoms with Gasteiger partial charge in [-0.05, 0) is 32.2 Å². The van der Waals surface area contributed by atoms with Crippen LogP contribution in [-0.4, -0.2) is 71.0 Å². The first-order valence-electron chi connectivity index (χ1n) is 7.99. The van der Waals surface area contributed by atoms with Gasteiger partial charge in [-0.3, -0.25) is 19.3 Å². The van der Waals surface area contributed by atoms with Crippen LogP contribution in [0, 0.1) is 0 Å². The lowest BCUT2D eigenvalue weighted by Crippen LogP contribution is -2.54. The highest BCUT2D eigenvalue weighted by Gasteiger charge is 2.32. The van der Waals surface area contributed by atoms with Gasteiger partial charge in [-0.2, -0.15) is 0 Å². The zero-order valence-corrected chi connectivity index (χ0v) is 13.1. The van der Waals surface area contributed by atoms with E-state index in [-0.39, 0.29) is 24.4 Å². The molecular formula is C15H25N3O4. The Hall–Kier alpha value is -1.63. The molecule has 0 radical (unpaired) electrons. The molecule has 0 bridgehead atoms. The van der Waals surface area contributed by atoms with Crippen molar-refractivity contribution in [2.75, 3.05) is 26.2 Å². The molecule has 2 atom stereocenters. The average Bonchev–Trinajstić information content (AvgIpc) is 2.47. The lowest BCUT2D eigenvalue weighted by atomic mass is 10.0. The van der Waals surface area contributed by atoms with Crippen LogP contribution in [0.5, 0.6) is 0 Å². The molecule has 0 aliphatic carbocycles. The van der Waals surface area contributed by atoms with Gasteiger partial charge in [0.25, 0.3) is 0 Å². The highest BCUT2D eigenvalue weighted by molar-refractivity contribution is 5.80. The largest absolute Gasteiger partial charge is 0.480 e. The van der Waals surface area contributed by atoms with Gasteiger partial charge in [0.05, 0.1) is 6.54 Å². The van der Waals surface area contributed by atoms with Crippen molar-refractivity contribution in [2.45, 2.75) is 51.1 Å². The van der Waals surface area contributed by atoms with Crippen LogP contribution in [0.2, 0.25) is 0 Å². The third-order valence-electron chi connectivity index (χ3n) is 4.42. The number of rotatable bonds is 4. The molecule has 124 valence electrons. The van der Waals surface area contributed by atoms with Crippen LogP contribution in [0.1, 0.15) is 39.0 Å². The predicted molar refractivity (Wildman–Crippen MR) is 80.3 cm³/mol. The van der Waals surface area contributed by atoms with Gasteiger partial charge in [-0.15, -0.1) is 0 Å². The van der Waals surface area contributed by atoms with Gasteiger partial charge in [0.1, 0.15) is 6.04 Å². The molecule has 2 rings (SSSR count). The Balaban J connectivity index is 1.90. The molecule has 7 nitrogen and oxygen atoms in total. The summed E-state index contributed by atoms with van der Waals surface area (Å²) in [6.07, 6.45) is 4.18. The average molecular weight is 311 g/mol. The second-order valence-corrected chi connectivity index (χ2v) is 6.20.